The highest BCUT2D eigenvalue weighted by molar-refractivity contribution is 7.99. The molecule has 0 saturated carbocycles. The average molecular weight is 157 g/mol. The summed E-state index contributed by atoms with van der Waals surface area (Å²) in [5, 5.41) is 0. The highest BCUT2D eigenvalue weighted by atomic mass is 32.2. The van der Waals surface area contributed by atoms with E-state index in [1.165, 1.54) is 30.8 Å². The largest absolute Gasteiger partial charge is 0.162 e. The molecule has 0 N–H and O–H groups in total. The van der Waals surface area contributed by atoms with E-state index in [2.05, 4.69) is 6.92 Å². The SMILES string of the molecule is [CH]=CCCCCSCCC. The third-order valence-electron chi connectivity index (χ3n) is 1.26. The lowest BCUT2D eigenvalue weighted by atomic mass is 10.2. The van der Waals surface area contributed by atoms with Crippen LogP contribution in [0.2, 0.25) is 0 Å². The normalized spacial score (nSPS) is 9.70. The fraction of sp³-hybridized carbons (Fsp3) is 0.778. The van der Waals surface area contributed by atoms with Crippen molar-refractivity contribution in [1.29, 1.82) is 0 Å². The second kappa shape index (κ2) is 9.09. The monoisotopic (exact) mass is 157 g/mol. The van der Waals surface area contributed by atoms with Crippen molar-refractivity contribution in [3.63, 3.8) is 0 Å². The quantitative estimate of drug-likeness (QED) is 0.511. The van der Waals surface area contributed by atoms with E-state index in [0.29, 0.717) is 0 Å². The number of hydrogen-bond donors (Lipinski definition) is 0. The van der Waals surface area contributed by atoms with Crippen LogP contribution >= 0.6 is 11.8 Å². The molecule has 0 rings (SSSR count). The molecule has 59 valence electrons. The van der Waals surface area contributed by atoms with E-state index in [1.54, 1.807) is 6.08 Å². The summed E-state index contributed by atoms with van der Waals surface area (Å²) in [6, 6.07) is 0. The van der Waals surface area contributed by atoms with Gasteiger partial charge in [0.1, 0.15) is 0 Å². The fourth-order valence-corrected chi connectivity index (χ4v) is 1.61. The first-order valence-corrected chi connectivity index (χ1v) is 5.18. The molecule has 0 aromatic carbocycles. The van der Waals surface area contributed by atoms with Gasteiger partial charge < -0.3 is 0 Å². The minimum Gasteiger partial charge on any atom is -0.162 e. The van der Waals surface area contributed by atoms with E-state index in [0.717, 1.165) is 6.42 Å². The molecule has 0 aromatic rings. The molecular formula is C9H17S. The number of unbranched alkanes of at least 4 members (excludes halogenated alkanes) is 2. The third-order valence-corrected chi connectivity index (χ3v) is 2.53. The Morgan fingerprint density at radius 1 is 1.30 bits per heavy atom. The van der Waals surface area contributed by atoms with Crippen LogP contribution in [0.15, 0.2) is 6.08 Å². The minimum atomic E-state index is 1.08. The van der Waals surface area contributed by atoms with Crippen LogP contribution in [-0.2, 0) is 0 Å². The highest BCUT2D eigenvalue weighted by Crippen LogP contribution is 2.06. The van der Waals surface area contributed by atoms with Crippen LogP contribution in [0.4, 0.5) is 0 Å². The maximum atomic E-state index is 5.24. The second-order valence-electron chi connectivity index (χ2n) is 2.34. The smallest absolute Gasteiger partial charge is 0.00674 e. The van der Waals surface area contributed by atoms with Gasteiger partial charge in [-0.3, -0.25) is 0 Å². The Morgan fingerprint density at radius 3 is 2.70 bits per heavy atom. The number of thioether (sulfide) groups is 1. The van der Waals surface area contributed by atoms with Crippen molar-refractivity contribution in [2.24, 2.45) is 0 Å². The first kappa shape index (κ1) is 10.1. The lowest BCUT2D eigenvalue weighted by Gasteiger charge is -1.96. The van der Waals surface area contributed by atoms with E-state index < -0.39 is 0 Å². The summed E-state index contributed by atoms with van der Waals surface area (Å²) >= 11 is 2.05. The van der Waals surface area contributed by atoms with Crippen molar-refractivity contribution in [2.75, 3.05) is 11.5 Å². The van der Waals surface area contributed by atoms with Crippen molar-refractivity contribution in [3.05, 3.63) is 12.7 Å². The molecule has 0 amide bonds. The molecule has 0 aliphatic carbocycles. The molecule has 0 heterocycles. The molecule has 0 spiro atoms. The molecule has 0 atom stereocenters. The predicted molar refractivity (Wildman–Crippen MR) is 50.3 cm³/mol. The molecule has 0 nitrogen and oxygen atoms in total. The van der Waals surface area contributed by atoms with Crippen LogP contribution in [-0.4, -0.2) is 11.5 Å². The minimum absolute atomic E-state index is 1.08. The van der Waals surface area contributed by atoms with Gasteiger partial charge in [-0.15, -0.1) is 0 Å². The summed E-state index contributed by atoms with van der Waals surface area (Å²) in [6.07, 6.45) is 6.70. The highest BCUT2D eigenvalue weighted by Gasteiger charge is 1.86. The predicted octanol–water partition coefficient (Wildman–Crippen LogP) is 3.29. The van der Waals surface area contributed by atoms with Crippen LogP contribution in [0.25, 0.3) is 0 Å². The van der Waals surface area contributed by atoms with Gasteiger partial charge in [-0.2, -0.15) is 11.8 Å². The Kier molecular flexibility index (Phi) is 9.17. The molecule has 0 aromatic heterocycles. The van der Waals surface area contributed by atoms with E-state index in [4.69, 9.17) is 6.58 Å². The molecule has 0 fully saturated rings. The van der Waals surface area contributed by atoms with E-state index >= 15 is 0 Å². The first-order valence-electron chi connectivity index (χ1n) is 4.03. The maximum absolute atomic E-state index is 5.24. The number of rotatable bonds is 7. The van der Waals surface area contributed by atoms with Gasteiger partial charge in [-0.1, -0.05) is 19.6 Å². The molecule has 10 heavy (non-hydrogen) atoms. The lowest BCUT2D eigenvalue weighted by molar-refractivity contribution is 0.823. The first-order chi connectivity index (χ1) is 4.91. The van der Waals surface area contributed by atoms with Crippen LogP contribution in [0.5, 0.6) is 0 Å². The van der Waals surface area contributed by atoms with E-state index in [9.17, 15) is 0 Å². The van der Waals surface area contributed by atoms with Crippen molar-refractivity contribution in [1.82, 2.24) is 0 Å². The van der Waals surface area contributed by atoms with Crippen molar-refractivity contribution in [2.45, 2.75) is 32.6 Å². The zero-order valence-corrected chi connectivity index (χ0v) is 7.62. The van der Waals surface area contributed by atoms with Gasteiger partial charge in [-0.25, -0.2) is 0 Å². The lowest BCUT2D eigenvalue weighted by Crippen LogP contribution is -1.81. The van der Waals surface area contributed by atoms with Gasteiger partial charge in [0.15, 0.2) is 0 Å². The van der Waals surface area contributed by atoms with Crippen molar-refractivity contribution >= 4 is 11.8 Å². The molecule has 0 saturated heterocycles. The molecule has 1 radical (unpaired) electrons. The maximum Gasteiger partial charge on any atom is -0.00674 e. The molecule has 1 heteroatoms. The van der Waals surface area contributed by atoms with Gasteiger partial charge in [0.2, 0.25) is 0 Å². The summed E-state index contributed by atoms with van der Waals surface area (Å²) in [5.41, 5.74) is 0. The Bertz CT molecular complexity index is 69.1. The Hall–Kier alpha value is 0.0900. The van der Waals surface area contributed by atoms with E-state index in [1.807, 2.05) is 11.8 Å². The summed E-state index contributed by atoms with van der Waals surface area (Å²) < 4.78 is 0. The summed E-state index contributed by atoms with van der Waals surface area (Å²) in [5.74, 6) is 2.62. The molecule has 0 bridgehead atoms. The Balaban J connectivity index is 2.70. The van der Waals surface area contributed by atoms with Gasteiger partial charge in [-0.05, 0) is 37.2 Å². The number of allylic oxidation sites excluding steroid dienone is 1. The van der Waals surface area contributed by atoms with Crippen LogP contribution in [0, 0.1) is 6.58 Å². The van der Waals surface area contributed by atoms with Crippen molar-refractivity contribution in [3.8, 4) is 0 Å². The average Bonchev–Trinajstić information content (AvgIpc) is 1.97. The third kappa shape index (κ3) is 8.09. The zero-order chi connectivity index (χ0) is 7.66. The zero-order valence-electron chi connectivity index (χ0n) is 6.81. The Labute approximate surface area is 69.1 Å². The Morgan fingerprint density at radius 2 is 2.10 bits per heavy atom. The molecule has 0 aliphatic rings. The van der Waals surface area contributed by atoms with Crippen LogP contribution in [0.3, 0.4) is 0 Å². The molecular weight excluding hydrogens is 140 g/mol. The van der Waals surface area contributed by atoms with E-state index in [-0.39, 0.29) is 0 Å². The van der Waals surface area contributed by atoms with Gasteiger partial charge in [0.25, 0.3) is 0 Å². The van der Waals surface area contributed by atoms with Gasteiger partial charge in [0.05, 0.1) is 0 Å². The van der Waals surface area contributed by atoms with Crippen LogP contribution in [0.1, 0.15) is 32.6 Å². The molecule has 0 unspecified atom stereocenters. The topological polar surface area (TPSA) is 0 Å². The fourth-order valence-electron chi connectivity index (χ4n) is 0.713. The van der Waals surface area contributed by atoms with Gasteiger partial charge in [0, 0.05) is 0 Å². The summed E-state index contributed by atoms with van der Waals surface area (Å²) in [4.78, 5) is 0. The van der Waals surface area contributed by atoms with Gasteiger partial charge >= 0.3 is 0 Å². The second-order valence-corrected chi connectivity index (χ2v) is 3.57. The number of hydrogen-bond acceptors (Lipinski definition) is 1. The summed E-state index contributed by atoms with van der Waals surface area (Å²) in [7, 11) is 0. The molecule has 0 aliphatic heterocycles. The van der Waals surface area contributed by atoms with Crippen molar-refractivity contribution < 1.29 is 0 Å². The standard InChI is InChI=1S/C9H17S/c1-3-5-6-7-9-10-8-4-2/h1,3H,4-9H2,2H3. The van der Waals surface area contributed by atoms with Crippen LogP contribution < -0.4 is 0 Å². The summed E-state index contributed by atoms with van der Waals surface area (Å²) in [6.45, 7) is 7.46.